The van der Waals surface area contributed by atoms with Crippen LogP contribution in [0, 0.1) is 0 Å². The van der Waals surface area contributed by atoms with E-state index in [1.807, 2.05) is 0 Å². The number of halogens is 3. The summed E-state index contributed by atoms with van der Waals surface area (Å²) in [6.07, 6.45) is -0.868. The molecule has 0 saturated carbocycles. The third kappa shape index (κ3) is 2.62. The Morgan fingerprint density at radius 3 is 2.22 bits per heavy atom. The molecule has 2 heterocycles. The molecule has 1 N–H and O–H groups in total. The molecule has 1 unspecified atom stereocenters. The minimum Gasteiger partial charge on any atom is -0.382 e. The monoisotopic (exact) mass is 255 g/mol. The first-order chi connectivity index (χ1) is 8.48. The molecule has 0 radical (unpaired) electrons. The first kappa shape index (κ1) is 12.4. The van der Waals surface area contributed by atoms with Crippen LogP contribution < -0.4 is 0 Å². The maximum atomic E-state index is 12.3. The van der Waals surface area contributed by atoms with Crippen LogP contribution in [0.4, 0.5) is 13.2 Å². The lowest BCUT2D eigenvalue weighted by Crippen LogP contribution is -2.08. The molecule has 0 aliphatic rings. The maximum Gasteiger partial charge on any atom is 0.417 e. The van der Waals surface area contributed by atoms with Crippen LogP contribution in [0.3, 0.4) is 0 Å². The van der Waals surface area contributed by atoms with Gasteiger partial charge in [-0.2, -0.15) is 13.2 Å². The van der Waals surface area contributed by atoms with Gasteiger partial charge in [-0.25, -0.2) is 9.97 Å². The predicted molar refractivity (Wildman–Crippen MR) is 55.3 cm³/mol. The number of rotatable bonds is 2. The number of aromatic nitrogens is 3. The van der Waals surface area contributed by atoms with Crippen LogP contribution in [0.25, 0.3) is 0 Å². The lowest BCUT2D eigenvalue weighted by Gasteiger charge is -2.11. The van der Waals surface area contributed by atoms with Crippen molar-refractivity contribution in [1.29, 1.82) is 0 Å². The maximum absolute atomic E-state index is 12.3. The van der Waals surface area contributed by atoms with E-state index >= 15 is 0 Å². The van der Waals surface area contributed by atoms with Crippen molar-refractivity contribution in [2.45, 2.75) is 12.3 Å². The molecule has 18 heavy (non-hydrogen) atoms. The summed E-state index contributed by atoms with van der Waals surface area (Å²) in [5.74, 6) is 0. The molecule has 0 aromatic carbocycles. The van der Waals surface area contributed by atoms with Crippen LogP contribution in [0.1, 0.15) is 22.9 Å². The van der Waals surface area contributed by atoms with Crippen LogP contribution >= 0.6 is 0 Å². The molecular formula is C11H8F3N3O. The number of hydrogen-bond acceptors (Lipinski definition) is 4. The standard InChI is InChI=1S/C11H8F3N3O/c12-11(13,14)8-1-2-9(17-5-8)10(18)7-3-15-6-16-4-7/h1-6,10,18H. The Morgan fingerprint density at radius 1 is 1.06 bits per heavy atom. The second kappa shape index (κ2) is 4.69. The first-order valence-electron chi connectivity index (χ1n) is 4.94. The van der Waals surface area contributed by atoms with Gasteiger partial charge in [-0.15, -0.1) is 0 Å². The molecule has 0 saturated heterocycles. The quantitative estimate of drug-likeness (QED) is 0.891. The molecule has 0 aliphatic carbocycles. The smallest absolute Gasteiger partial charge is 0.382 e. The van der Waals surface area contributed by atoms with Gasteiger partial charge in [0.1, 0.15) is 12.4 Å². The summed E-state index contributed by atoms with van der Waals surface area (Å²) in [6.45, 7) is 0. The minimum absolute atomic E-state index is 0.109. The molecule has 2 aromatic rings. The largest absolute Gasteiger partial charge is 0.417 e. The zero-order valence-electron chi connectivity index (χ0n) is 8.96. The Hall–Kier alpha value is -2.02. The minimum atomic E-state index is -4.44. The number of aliphatic hydroxyl groups excluding tert-OH is 1. The van der Waals surface area contributed by atoms with Gasteiger partial charge in [-0.3, -0.25) is 4.98 Å². The van der Waals surface area contributed by atoms with Crippen LogP contribution in [0.2, 0.25) is 0 Å². The van der Waals surface area contributed by atoms with Gasteiger partial charge in [0, 0.05) is 24.2 Å². The highest BCUT2D eigenvalue weighted by molar-refractivity contribution is 5.24. The van der Waals surface area contributed by atoms with Crippen molar-refractivity contribution >= 4 is 0 Å². The van der Waals surface area contributed by atoms with E-state index in [-0.39, 0.29) is 5.69 Å². The normalized spacial score (nSPS) is 13.3. The van der Waals surface area contributed by atoms with E-state index in [0.29, 0.717) is 11.8 Å². The SMILES string of the molecule is OC(c1cncnc1)c1ccc(C(F)(F)F)cn1. The molecule has 0 fully saturated rings. The zero-order valence-corrected chi connectivity index (χ0v) is 8.96. The topological polar surface area (TPSA) is 58.9 Å². The van der Waals surface area contributed by atoms with Gasteiger partial charge in [-0.1, -0.05) is 0 Å². The van der Waals surface area contributed by atoms with Crippen molar-refractivity contribution in [1.82, 2.24) is 15.0 Å². The van der Waals surface area contributed by atoms with Crippen LogP contribution in [-0.2, 0) is 6.18 Å². The Morgan fingerprint density at radius 2 is 1.72 bits per heavy atom. The molecule has 7 heteroatoms. The number of pyridine rings is 1. The molecule has 2 aromatic heterocycles. The average Bonchev–Trinajstić information content (AvgIpc) is 2.38. The molecule has 0 aliphatic heterocycles. The van der Waals surface area contributed by atoms with Gasteiger partial charge in [0.15, 0.2) is 0 Å². The summed E-state index contributed by atoms with van der Waals surface area (Å²) < 4.78 is 37.0. The molecule has 0 amide bonds. The predicted octanol–water partition coefficient (Wildman–Crippen LogP) is 1.97. The molecule has 2 rings (SSSR count). The third-order valence-corrected chi connectivity index (χ3v) is 2.29. The summed E-state index contributed by atoms with van der Waals surface area (Å²) in [6, 6.07) is 2.00. The molecular weight excluding hydrogens is 247 g/mol. The van der Waals surface area contributed by atoms with E-state index in [4.69, 9.17) is 0 Å². The second-order valence-corrected chi connectivity index (χ2v) is 3.54. The molecule has 0 spiro atoms. The van der Waals surface area contributed by atoms with Crippen molar-refractivity contribution in [2.24, 2.45) is 0 Å². The summed E-state index contributed by atoms with van der Waals surface area (Å²) >= 11 is 0. The van der Waals surface area contributed by atoms with Gasteiger partial charge in [0.05, 0.1) is 11.3 Å². The van der Waals surface area contributed by atoms with Gasteiger partial charge >= 0.3 is 6.18 Å². The van der Waals surface area contributed by atoms with Crippen LogP contribution in [0.5, 0.6) is 0 Å². The van der Waals surface area contributed by atoms with Crippen LogP contribution in [-0.4, -0.2) is 20.1 Å². The third-order valence-electron chi connectivity index (χ3n) is 2.29. The highest BCUT2D eigenvalue weighted by Crippen LogP contribution is 2.29. The van der Waals surface area contributed by atoms with Crippen molar-refractivity contribution in [2.75, 3.05) is 0 Å². The second-order valence-electron chi connectivity index (χ2n) is 3.54. The van der Waals surface area contributed by atoms with Crippen molar-refractivity contribution in [3.8, 4) is 0 Å². The van der Waals surface area contributed by atoms with Crippen molar-refractivity contribution < 1.29 is 18.3 Å². The number of aliphatic hydroxyl groups is 1. The highest BCUT2D eigenvalue weighted by Gasteiger charge is 2.31. The Bertz CT molecular complexity index is 513. The molecule has 1 atom stereocenters. The van der Waals surface area contributed by atoms with E-state index in [1.165, 1.54) is 18.7 Å². The van der Waals surface area contributed by atoms with Crippen LogP contribution in [0.15, 0.2) is 37.1 Å². The molecule has 4 nitrogen and oxygen atoms in total. The fraction of sp³-hybridized carbons (Fsp3) is 0.182. The Labute approximate surface area is 100 Å². The molecule has 0 bridgehead atoms. The number of nitrogens with zero attached hydrogens (tertiary/aromatic N) is 3. The fourth-order valence-electron chi connectivity index (χ4n) is 1.36. The van der Waals surface area contributed by atoms with Gasteiger partial charge in [0.25, 0.3) is 0 Å². The van der Waals surface area contributed by atoms with E-state index in [9.17, 15) is 18.3 Å². The van der Waals surface area contributed by atoms with E-state index in [1.54, 1.807) is 0 Å². The van der Waals surface area contributed by atoms with Crippen molar-refractivity contribution in [3.63, 3.8) is 0 Å². The van der Waals surface area contributed by atoms with Gasteiger partial charge in [0.2, 0.25) is 0 Å². The number of hydrogen-bond donors (Lipinski definition) is 1. The Kier molecular flexibility index (Phi) is 3.24. The number of alkyl halides is 3. The first-order valence-corrected chi connectivity index (χ1v) is 4.94. The van der Waals surface area contributed by atoms with E-state index < -0.39 is 17.8 Å². The van der Waals surface area contributed by atoms with Crippen molar-refractivity contribution in [3.05, 3.63) is 53.9 Å². The summed E-state index contributed by atoms with van der Waals surface area (Å²) in [7, 11) is 0. The molecule has 94 valence electrons. The average molecular weight is 255 g/mol. The van der Waals surface area contributed by atoms with E-state index in [2.05, 4.69) is 15.0 Å². The lowest BCUT2D eigenvalue weighted by molar-refractivity contribution is -0.137. The van der Waals surface area contributed by atoms with Gasteiger partial charge < -0.3 is 5.11 Å². The van der Waals surface area contributed by atoms with E-state index in [0.717, 1.165) is 12.1 Å². The Balaban J connectivity index is 2.25. The summed E-state index contributed by atoms with van der Waals surface area (Å²) in [5, 5.41) is 9.86. The lowest BCUT2D eigenvalue weighted by atomic mass is 10.1. The fourth-order valence-corrected chi connectivity index (χ4v) is 1.36. The zero-order chi connectivity index (χ0) is 13.2. The highest BCUT2D eigenvalue weighted by atomic mass is 19.4. The van der Waals surface area contributed by atoms with Gasteiger partial charge in [-0.05, 0) is 12.1 Å². The summed E-state index contributed by atoms with van der Waals surface area (Å²) in [4.78, 5) is 11.0. The summed E-state index contributed by atoms with van der Waals surface area (Å²) in [5.41, 5.74) is -0.384.